The van der Waals surface area contributed by atoms with E-state index in [9.17, 15) is 4.39 Å². The number of hydrogen-bond acceptors (Lipinski definition) is 2. The molecule has 2 rings (SSSR count). The average Bonchev–Trinajstić information content (AvgIpc) is 2.42. The summed E-state index contributed by atoms with van der Waals surface area (Å²) in [6.07, 6.45) is 0. The van der Waals surface area contributed by atoms with Crippen molar-refractivity contribution in [1.29, 1.82) is 0 Å². The second kappa shape index (κ2) is 6.54. The second-order valence-corrected chi connectivity index (χ2v) is 5.91. The molecule has 0 aromatic heterocycles. The minimum atomic E-state index is -0.446. The summed E-state index contributed by atoms with van der Waals surface area (Å²) in [6.45, 7) is 2.00. The van der Waals surface area contributed by atoms with Crippen LogP contribution in [0.2, 0.25) is 10.0 Å². The highest BCUT2D eigenvalue weighted by Crippen LogP contribution is 2.34. The molecule has 0 aliphatic rings. The van der Waals surface area contributed by atoms with E-state index in [0.717, 1.165) is 11.3 Å². The number of hydrogen-bond donors (Lipinski definition) is 1. The van der Waals surface area contributed by atoms with Crippen molar-refractivity contribution in [3.05, 3.63) is 57.8 Å². The minimum Gasteiger partial charge on any atom is -0.378 e. The Labute approximate surface area is 134 Å². The molecule has 0 saturated carbocycles. The highest BCUT2D eigenvalue weighted by molar-refractivity contribution is 6.39. The molecule has 1 unspecified atom stereocenters. The topological polar surface area (TPSA) is 15.3 Å². The summed E-state index contributed by atoms with van der Waals surface area (Å²) >= 11 is 12.1. The predicted molar refractivity (Wildman–Crippen MR) is 89.2 cm³/mol. The fourth-order valence-electron chi connectivity index (χ4n) is 2.04. The molecule has 5 heteroatoms. The molecule has 1 atom stereocenters. The highest BCUT2D eigenvalue weighted by Gasteiger charge is 2.12. The van der Waals surface area contributed by atoms with Crippen molar-refractivity contribution in [2.24, 2.45) is 0 Å². The Morgan fingerprint density at radius 1 is 1.05 bits per heavy atom. The number of nitrogens with zero attached hydrogens (tertiary/aromatic N) is 1. The van der Waals surface area contributed by atoms with Crippen LogP contribution < -0.4 is 10.2 Å². The number of benzene rings is 2. The van der Waals surface area contributed by atoms with Crippen LogP contribution in [0.25, 0.3) is 0 Å². The maximum atomic E-state index is 13.2. The van der Waals surface area contributed by atoms with Gasteiger partial charge >= 0.3 is 0 Å². The zero-order valence-corrected chi connectivity index (χ0v) is 13.6. The highest BCUT2D eigenvalue weighted by atomic mass is 35.5. The predicted octanol–water partition coefficient (Wildman–Crippen LogP) is 5.37. The summed E-state index contributed by atoms with van der Waals surface area (Å²) in [5.74, 6) is -0.446. The molecule has 0 radical (unpaired) electrons. The molecule has 0 spiro atoms. The summed E-state index contributed by atoms with van der Waals surface area (Å²) in [6, 6.07) is 10.7. The fraction of sp³-hybridized carbons (Fsp3) is 0.250. The van der Waals surface area contributed by atoms with Crippen LogP contribution in [0.15, 0.2) is 36.4 Å². The molecule has 2 nitrogen and oxygen atoms in total. The van der Waals surface area contributed by atoms with Crippen molar-refractivity contribution in [1.82, 2.24) is 0 Å². The molecule has 0 fully saturated rings. The van der Waals surface area contributed by atoms with Crippen molar-refractivity contribution in [2.75, 3.05) is 24.3 Å². The van der Waals surface area contributed by atoms with Gasteiger partial charge < -0.3 is 10.2 Å². The summed E-state index contributed by atoms with van der Waals surface area (Å²) in [5, 5.41) is 3.78. The molecule has 112 valence electrons. The van der Waals surface area contributed by atoms with Crippen LogP contribution in [0.4, 0.5) is 15.8 Å². The van der Waals surface area contributed by atoms with E-state index in [1.807, 2.05) is 50.2 Å². The number of rotatable bonds is 4. The van der Waals surface area contributed by atoms with Gasteiger partial charge in [-0.15, -0.1) is 0 Å². The van der Waals surface area contributed by atoms with Crippen LogP contribution >= 0.6 is 23.2 Å². The summed E-state index contributed by atoms with van der Waals surface area (Å²) in [4.78, 5) is 2.04. The molecular formula is C16H17Cl2FN2. The number of halogens is 3. The summed E-state index contributed by atoms with van der Waals surface area (Å²) in [5.41, 5.74) is 2.77. The quantitative estimate of drug-likeness (QED) is 0.812. The standard InChI is InChI=1S/C16H17Cl2FN2/c1-10(11-4-6-13(7-5-11)21(2)3)20-16-14(17)8-12(19)9-15(16)18/h4-10,20H,1-3H3. The van der Waals surface area contributed by atoms with Crippen LogP contribution in [0.5, 0.6) is 0 Å². The second-order valence-electron chi connectivity index (χ2n) is 5.10. The van der Waals surface area contributed by atoms with Crippen LogP contribution in [0, 0.1) is 5.82 Å². The molecule has 0 saturated heterocycles. The van der Waals surface area contributed by atoms with Crippen molar-refractivity contribution < 1.29 is 4.39 Å². The lowest BCUT2D eigenvalue weighted by molar-refractivity contribution is 0.628. The Hall–Kier alpha value is -1.45. The molecule has 21 heavy (non-hydrogen) atoms. The Morgan fingerprint density at radius 3 is 2.05 bits per heavy atom. The van der Waals surface area contributed by atoms with E-state index in [0.29, 0.717) is 5.69 Å². The van der Waals surface area contributed by atoms with Gasteiger partial charge in [-0.05, 0) is 36.8 Å². The molecular weight excluding hydrogens is 310 g/mol. The van der Waals surface area contributed by atoms with Gasteiger partial charge in [-0.3, -0.25) is 0 Å². The smallest absolute Gasteiger partial charge is 0.126 e. The first-order chi connectivity index (χ1) is 9.88. The van der Waals surface area contributed by atoms with Gasteiger partial charge in [0.25, 0.3) is 0 Å². The molecule has 0 amide bonds. The van der Waals surface area contributed by atoms with Gasteiger partial charge in [0.1, 0.15) is 5.82 Å². The zero-order chi connectivity index (χ0) is 15.6. The van der Waals surface area contributed by atoms with E-state index >= 15 is 0 Å². The van der Waals surface area contributed by atoms with E-state index in [1.54, 1.807) is 0 Å². The average molecular weight is 327 g/mol. The minimum absolute atomic E-state index is 0.00155. The first-order valence-electron chi connectivity index (χ1n) is 6.57. The lowest BCUT2D eigenvalue weighted by atomic mass is 10.1. The van der Waals surface area contributed by atoms with Gasteiger partial charge in [0.15, 0.2) is 0 Å². The summed E-state index contributed by atoms with van der Waals surface area (Å²) < 4.78 is 13.2. The first-order valence-corrected chi connectivity index (χ1v) is 7.32. The third-order valence-corrected chi connectivity index (χ3v) is 3.87. The van der Waals surface area contributed by atoms with Crippen LogP contribution in [0.3, 0.4) is 0 Å². The Kier molecular flexibility index (Phi) is 4.96. The van der Waals surface area contributed by atoms with E-state index in [-0.39, 0.29) is 16.1 Å². The van der Waals surface area contributed by atoms with E-state index in [4.69, 9.17) is 23.2 Å². The Morgan fingerprint density at radius 2 is 1.57 bits per heavy atom. The third kappa shape index (κ3) is 3.80. The molecule has 0 heterocycles. The SMILES string of the molecule is CC(Nc1c(Cl)cc(F)cc1Cl)c1ccc(N(C)C)cc1. The molecule has 0 aliphatic heterocycles. The van der Waals surface area contributed by atoms with Gasteiger partial charge in [-0.25, -0.2) is 4.39 Å². The van der Waals surface area contributed by atoms with E-state index < -0.39 is 5.82 Å². The molecule has 0 bridgehead atoms. The monoisotopic (exact) mass is 326 g/mol. The van der Waals surface area contributed by atoms with Crippen molar-refractivity contribution in [3.63, 3.8) is 0 Å². The zero-order valence-electron chi connectivity index (χ0n) is 12.1. The first kappa shape index (κ1) is 15.9. The number of anilines is 2. The largest absolute Gasteiger partial charge is 0.378 e. The lowest BCUT2D eigenvalue weighted by Gasteiger charge is -2.19. The Balaban J connectivity index is 2.20. The Bertz CT molecular complexity index is 604. The van der Waals surface area contributed by atoms with Gasteiger partial charge in [0.2, 0.25) is 0 Å². The lowest BCUT2D eigenvalue weighted by Crippen LogP contribution is -2.10. The van der Waals surface area contributed by atoms with Gasteiger partial charge in [0.05, 0.1) is 15.7 Å². The van der Waals surface area contributed by atoms with Gasteiger partial charge in [-0.2, -0.15) is 0 Å². The molecule has 0 aliphatic carbocycles. The molecule has 2 aromatic rings. The van der Waals surface area contributed by atoms with E-state index in [2.05, 4.69) is 5.32 Å². The van der Waals surface area contributed by atoms with Crippen LogP contribution in [-0.2, 0) is 0 Å². The fourth-order valence-corrected chi connectivity index (χ4v) is 2.61. The van der Waals surface area contributed by atoms with Crippen LogP contribution in [-0.4, -0.2) is 14.1 Å². The van der Waals surface area contributed by atoms with Crippen LogP contribution in [0.1, 0.15) is 18.5 Å². The van der Waals surface area contributed by atoms with E-state index in [1.165, 1.54) is 12.1 Å². The molecule has 2 aromatic carbocycles. The van der Waals surface area contributed by atoms with Gasteiger partial charge in [-0.1, -0.05) is 35.3 Å². The maximum absolute atomic E-state index is 13.2. The van der Waals surface area contributed by atoms with Gasteiger partial charge in [0, 0.05) is 25.8 Å². The summed E-state index contributed by atoms with van der Waals surface area (Å²) in [7, 11) is 3.99. The maximum Gasteiger partial charge on any atom is 0.126 e. The van der Waals surface area contributed by atoms with Crippen molar-refractivity contribution in [3.8, 4) is 0 Å². The number of nitrogens with one attached hydrogen (secondary N) is 1. The normalized spacial score (nSPS) is 12.1. The molecule has 1 N–H and O–H groups in total. The third-order valence-electron chi connectivity index (χ3n) is 3.28. The van der Waals surface area contributed by atoms with Crippen molar-refractivity contribution in [2.45, 2.75) is 13.0 Å². The van der Waals surface area contributed by atoms with Crippen molar-refractivity contribution >= 4 is 34.6 Å².